The van der Waals surface area contributed by atoms with Gasteiger partial charge in [0.05, 0.1) is 16.1 Å². The van der Waals surface area contributed by atoms with Crippen LogP contribution < -0.4 is 10.3 Å². The van der Waals surface area contributed by atoms with E-state index in [9.17, 15) is 0 Å². The standard InChI is InChI=1S/C9H6Br3N3O/c10-7-8(11)15(12)14-13-9(7)16-6-4-2-1-3-5-6/h1-5,14H. The maximum absolute atomic E-state index is 5.59. The van der Waals surface area contributed by atoms with Crippen LogP contribution in [0.3, 0.4) is 0 Å². The molecule has 2 rings (SSSR count). The molecule has 1 aromatic rings. The highest BCUT2D eigenvalue weighted by Crippen LogP contribution is 2.28. The van der Waals surface area contributed by atoms with Crippen LogP contribution in [0.1, 0.15) is 0 Å². The van der Waals surface area contributed by atoms with Gasteiger partial charge in [0.1, 0.15) is 14.8 Å². The van der Waals surface area contributed by atoms with E-state index in [1.54, 1.807) is 0 Å². The summed E-state index contributed by atoms with van der Waals surface area (Å²) in [5.41, 5.74) is 2.71. The summed E-state index contributed by atoms with van der Waals surface area (Å²) < 4.78 is 8.59. The van der Waals surface area contributed by atoms with Gasteiger partial charge >= 0.3 is 0 Å². The van der Waals surface area contributed by atoms with Crippen molar-refractivity contribution >= 4 is 53.9 Å². The zero-order valence-electron chi connectivity index (χ0n) is 7.82. The van der Waals surface area contributed by atoms with E-state index in [0.29, 0.717) is 10.4 Å². The van der Waals surface area contributed by atoms with E-state index in [4.69, 9.17) is 4.74 Å². The maximum atomic E-state index is 5.59. The lowest BCUT2D eigenvalue weighted by molar-refractivity contribution is 0.442. The largest absolute Gasteiger partial charge is 0.437 e. The Kier molecular flexibility index (Phi) is 3.88. The number of nitrogens with zero attached hydrogens (tertiary/aromatic N) is 2. The molecule has 84 valence electrons. The van der Waals surface area contributed by atoms with Crippen LogP contribution in [0.2, 0.25) is 0 Å². The Balaban J connectivity index is 2.19. The zero-order chi connectivity index (χ0) is 11.5. The van der Waals surface area contributed by atoms with Crippen LogP contribution in [0.5, 0.6) is 5.75 Å². The van der Waals surface area contributed by atoms with Gasteiger partial charge in [0.25, 0.3) is 5.90 Å². The number of benzene rings is 1. The number of halogens is 3. The van der Waals surface area contributed by atoms with E-state index in [2.05, 4.69) is 58.6 Å². The second-order valence-electron chi connectivity index (χ2n) is 2.82. The van der Waals surface area contributed by atoms with Gasteiger partial charge in [-0.15, -0.1) is 5.10 Å². The van der Waals surface area contributed by atoms with Gasteiger partial charge in [-0.1, -0.05) is 18.2 Å². The average molecular weight is 412 g/mol. The maximum Gasteiger partial charge on any atom is 0.255 e. The fourth-order valence-electron chi connectivity index (χ4n) is 1.02. The van der Waals surface area contributed by atoms with Gasteiger partial charge < -0.3 is 4.74 Å². The van der Waals surface area contributed by atoms with Crippen LogP contribution in [-0.2, 0) is 0 Å². The molecule has 0 radical (unpaired) electrons. The molecule has 0 unspecified atom stereocenters. The first-order valence-corrected chi connectivity index (χ1v) is 6.56. The van der Waals surface area contributed by atoms with Crippen molar-refractivity contribution in [2.24, 2.45) is 5.10 Å². The highest BCUT2D eigenvalue weighted by atomic mass is 79.9. The Bertz CT molecular complexity index is 447. The first kappa shape index (κ1) is 11.9. The van der Waals surface area contributed by atoms with Gasteiger partial charge in [0.2, 0.25) is 0 Å². The molecule has 0 bridgehead atoms. The average Bonchev–Trinajstić information content (AvgIpc) is 2.31. The number of hydrazone groups is 1. The molecule has 0 aliphatic carbocycles. The third-order valence-electron chi connectivity index (χ3n) is 1.74. The monoisotopic (exact) mass is 409 g/mol. The number of hydrogen-bond donors (Lipinski definition) is 1. The van der Waals surface area contributed by atoms with E-state index in [1.165, 1.54) is 4.03 Å². The molecule has 7 heteroatoms. The number of hydrazine groups is 1. The van der Waals surface area contributed by atoms with Crippen molar-refractivity contribution in [3.8, 4) is 5.75 Å². The van der Waals surface area contributed by atoms with Crippen molar-refractivity contribution in [3.05, 3.63) is 39.4 Å². The zero-order valence-corrected chi connectivity index (χ0v) is 12.6. The number of hydrogen-bond acceptors (Lipinski definition) is 4. The summed E-state index contributed by atoms with van der Waals surface area (Å²) in [6, 6.07) is 9.44. The molecule has 1 heterocycles. The molecule has 1 aromatic carbocycles. The van der Waals surface area contributed by atoms with Gasteiger partial charge in [0.15, 0.2) is 0 Å². The fraction of sp³-hybridized carbons (Fsp3) is 0. The van der Waals surface area contributed by atoms with Crippen LogP contribution in [0, 0.1) is 0 Å². The molecule has 0 fully saturated rings. The van der Waals surface area contributed by atoms with Crippen LogP contribution >= 0.6 is 48.0 Å². The second kappa shape index (κ2) is 5.20. The first-order valence-electron chi connectivity index (χ1n) is 4.26. The molecule has 0 saturated heterocycles. The number of nitrogens with one attached hydrogen (secondary N) is 1. The van der Waals surface area contributed by atoms with Crippen molar-refractivity contribution in [1.82, 2.24) is 9.57 Å². The van der Waals surface area contributed by atoms with Gasteiger partial charge in [0, 0.05) is 0 Å². The molecule has 1 aliphatic rings. The lowest BCUT2D eigenvalue weighted by Crippen LogP contribution is -2.31. The lowest BCUT2D eigenvalue weighted by atomic mass is 10.3. The summed E-state index contributed by atoms with van der Waals surface area (Å²) in [6.45, 7) is 0. The minimum absolute atomic E-state index is 0.453. The minimum atomic E-state index is 0.453. The van der Waals surface area contributed by atoms with Gasteiger partial charge in [-0.3, -0.25) is 0 Å². The van der Waals surface area contributed by atoms with E-state index in [-0.39, 0.29) is 0 Å². The summed E-state index contributed by atoms with van der Waals surface area (Å²) in [5, 5.41) is 4.03. The van der Waals surface area contributed by atoms with Crippen molar-refractivity contribution in [3.63, 3.8) is 0 Å². The van der Waals surface area contributed by atoms with E-state index >= 15 is 0 Å². The molecule has 0 saturated carbocycles. The minimum Gasteiger partial charge on any atom is -0.437 e. The Morgan fingerprint density at radius 2 is 1.88 bits per heavy atom. The second-order valence-corrected chi connectivity index (χ2v) is 5.07. The van der Waals surface area contributed by atoms with Crippen molar-refractivity contribution in [2.45, 2.75) is 0 Å². The van der Waals surface area contributed by atoms with E-state index in [0.717, 1.165) is 10.4 Å². The van der Waals surface area contributed by atoms with Gasteiger partial charge in [-0.2, -0.15) is 4.03 Å². The van der Waals surface area contributed by atoms with Crippen molar-refractivity contribution < 1.29 is 4.74 Å². The molecule has 1 N–H and O–H groups in total. The molecule has 1 aliphatic heterocycles. The molecule has 0 amide bonds. The van der Waals surface area contributed by atoms with Crippen LogP contribution in [0.25, 0.3) is 0 Å². The third-order valence-corrected chi connectivity index (χ3v) is 4.73. The van der Waals surface area contributed by atoms with E-state index < -0.39 is 0 Å². The molecule has 4 nitrogen and oxygen atoms in total. The summed E-state index contributed by atoms with van der Waals surface area (Å²) in [6.07, 6.45) is 0. The predicted octanol–water partition coefficient (Wildman–Crippen LogP) is 3.47. The third kappa shape index (κ3) is 2.58. The molecular formula is C9H6Br3N3O. The Morgan fingerprint density at radius 1 is 1.19 bits per heavy atom. The van der Waals surface area contributed by atoms with Crippen LogP contribution in [-0.4, -0.2) is 9.93 Å². The summed E-state index contributed by atoms with van der Waals surface area (Å²) in [7, 11) is 0. The summed E-state index contributed by atoms with van der Waals surface area (Å²) in [5.74, 6) is 1.18. The highest BCUT2D eigenvalue weighted by molar-refractivity contribution is 9.15. The van der Waals surface area contributed by atoms with Crippen LogP contribution in [0.4, 0.5) is 0 Å². The van der Waals surface area contributed by atoms with Gasteiger partial charge in [-0.25, -0.2) is 5.53 Å². The first-order chi connectivity index (χ1) is 7.68. The van der Waals surface area contributed by atoms with E-state index in [1.807, 2.05) is 30.3 Å². The van der Waals surface area contributed by atoms with Crippen molar-refractivity contribution in [1.29, 1.82) is 0 Å². The Hall–Kier alpha value is -0.530. The number of para-hydroxylation sites is 1. The Morgan fingerprint density at radius 3 is 2.56 bits per heavy atom. The smallest absolute Gasteiger partial charge is 0.255 e. The summed E-state index contributed by atoms with van der Waals surface area (Å²) in [4.78, 5) is 0. The number of ether oxygens (including phenoxy) is 1. The number of rotatable bonds is 1. The molecule has 16 heavy (non-hydrogen) atoms. The summed E-state index contributed by atoms with van der Waals surface area (Å²) >= 11 is 9.98. The van der Waals surface area contributed by atoms with Crippen LogP contribution in [0.15, 0.2) is 44.5 Å². The fourth-order valence-corrected chi connectivity index (χ4v) is 2.11. The Labute approximate surface area is 118 Å². The quantitative estimate of drug-likeness (QED) is 0.568. The molecule has 0 aromatic heterocycles. The highest BCUT2D eigenvalue weighted by Gasteiger charge is 2.20. The normalized spacial score (nSPS) is 15.7. The molecular weight excluding hydrogens is 406 g/mol. The van der Waals surface area contributed by atoms with Crippen molar-refractivity contribution in [2.75, 3.05) is 0 Å². The SMILES string of the molecule is BrC1=C(Br)N(Br)NN=C1Oc1ccccc1. The van der Waals surface area contributed by atoms with Gasteiger partial charge in [-0.05, 0) is 44.0 Å². The molecule has 0 atom stereocenters. The molecule has 0 spiro atoms. The predicted molar refractivity (Wildman–Crippen MR) is 73.3 cm³/mol. The lowest BCUT2D eigenvalue weighted by Gasteiger charge is -2.21. The topological polar surface area (TPSA) is 36.9 Å².